The Hall–Kier alpha value is -0.700. The summed E-state index contributed by atoms with van der Waals surface area (Å²) in [7, 11) is 0. The van der Waals surface area contributed by atoms with Crippen LogP contribution in [0.4, 0.5) is 26.3 Å². The summed E-state index contributed by atoms with van der Waals surface area (Å²) in [4.78, 5) is 0. The van der Waals surface area contributed by atoms with Gasteiger partial charge in [-0.3, -0.25) is 0 Å². The molecule has 3 N–H and O–H groups in total. The first kappa shape index (κ1) is 27.3. The molecule has 0 saturated heterocycles. The molecular formula is C15H26F6O7. The van der Waals surface area contributed by atoms with Crippen molar-refractivity contribution in [2.45, 2.75) is 30.3 Å². The molecule has 0 rings (SSSR count). The first-order valence-corrected chi connectivity index (χ1v) is 8.27. The van der Waals surface area contributed by atoms with Gasteiger partial charge in [-0.25, -0.2) is 26.3 Å². The van der Waals surface area contributed by atoms with Crippen LogP contribution in [0.15, 0.2) is 0 Å². The van der Waals surface area contributed by atoms with Crippen molar-refractivity contribution in [1.29, 1.82) is 0 Å². The second kappa shape index (κ2) is 13.5. The Bertz CT molecular complexity index is 401. The summed E-state index contributed by atoms with van der Waals surface area (Å²) in [5.74, 6) is -11.1. The molecule has 0 aliphatic rings. The highest BCUT2D eigenvalue weighted by Crippen LogP contribution is 2.20. The van der Waals surface area contributed by atoms with Crippen molar-refractivity contribution < 1.29 is 60.6 Å². The molecule has 0 aromatic carbocycles. The third kappa shape index (κ3) is 15.2. The van der Waals surface area contributed by atoms with E-state index in [1.165, 1.54) is 0 Å². The highest BCUT2D eigenvalue weighted by Gasteiger charge is 2.36. The van der Waals surface area contributed by atoms with Gasteiger partial charge in [-0.15, -0.1) is 0 Å². The Labute approximate surface area is 158 Å². The molecule has 0 aromatic rings. The Kier molecular flexibility index (Phi) is 13.2. The van der Waals surface area contributed by atoms with Crippen LogP contribution in [0.1, 0.15) is 6.42 Å². The Balaban J connectivity index is 3.95. The van der Waals surface area contributed by atoms with E-state index >= 15 is 0 Å². The van der Waals surface area contributed by atoms with Gasteiger partial charge in [0.25, 0.3) is 17.8 Å². The van der Waals surface area contributed by atoms with Gasteiger partial charge in [-0.2, -0.15) is 0 Å². The maximum atomic E-state index is 13.5. The highest BCUT2D eigenvalue weighted by atomic mass is 19.3. The number of ether oxygens (including phenoxy) is 4. The lowest BCUT2D eigenvalue weighted by molar-refractivity contribution is -0.181. The quantitative estimate of drug-likeness (QED) is 0.217. The van der Waals surface area contributed by atoms with Gasteiger partial charge >= 0.3 is 0 Å². The second-order valence-corrected chi connectivity index (χ2v) is 6.03. The van der Waals surface area contributed by atoms with Gasteiger partial charge in [-0.1, -0.05) is 0 Å². The number of rotatable bonds is 18. The van der Waals surface area contributed by atoms with Crippen LogP contribution in [-0.2, 0) is 18.9 Å². The van der Waals surface area contributed by atoms with Crippen LogP contribution < -0.4 is 0 Å². The summed E-state index contributed by atoms with van der Waals surface area (Å²) in [5, 5.41) is 26.2. The van der Waals surface area contributed by atoms with Gasteiger partial charge in [-0.05, 0) is 6.42 Å². The third-order valence-corrected chi connectivity index (χ3v) is 2.86. The average molecular weight is 432 g/mol. The summed E-state index contributed by atoms with van der Waals surface area (Å²) in [6.07, 6.45) is -0.836. The fraction of sp³-hybridized carbons (Fsp3) is 1.00. The first-order chi connectivity index (χ1) is 12.9. The van der Waals surface area contributed by atoms with Crippen LogP contribution in [-0.4, -0.2) is 105 Å². The molecule has 13 heteroatoms. The minimum atomic E-state index is -3.79. The summed E-state index contributed by atoms with van der Waals surface area (Å²) >= 11 is 0. The fourth-order valence-electron chi connectivity index (χ4n) is 1.61. The summed E-state index contributed by atoms with van der Waals surface area (Å²) in [6.45, 7) is -9.24. The summed E-state index contributed by atoms with van der Waals surface area (Å²) in [5.41, 5.74) is 0. The molecule has 0 saturated carbocycles. The van der Waals surface area contributed by atoms with E-state index in [1.54, 1.807) is 0 Å². The Morgan fingerprint density at radius 3 is 1.54 bits per heavy atom. The van der Waals surface area contributed by atoms with E-state index in [4.69, 9.17) is 14.9 Å². The number of hydrogen-bond acceptors (Lipinski definition) is 7. The molecule has 7 nitrogen and oxygen atoms in total. The Morgan fingerprint density at radius 1 is 0.643 bits per heavy atom. The average Bonchev–Trinajstić information content (AvgIpc) is 2.57. The zero-order valence-electron chi connectivity index (χ0n) is 15.1. The molecule has 0 spiro atoms. The molecule has 0 aliphatic heterocycles. The van der Waals surface area contributed by atoms with Crippen LogP contribution in [0.3, 0.4) is 0 Å². The minimum absolute atomic E-state index is 0.0981. The number of halogens is 6. The van der Waals surface area contributed by atoms with Crippen LogP contribution in [0.25, 0.3) is 0 Å². The molecule has 28 heavy (non-hydrogen) atoms. The number of aliphatic hydroxyl groups excluding tert-OH is 3. The van der Waals surface area contributed by atoms with Crippen LogP contribution in [0.2, 0.25) is 0 Å². The SMILES string of the molecule is OCCCOCC(O)COCC(F)(F)COCC(F)(F)COCC(F)(F)CO. The van der Waals surface area contributed by atoms with E-state index in [-0.39, 0.29) is 19.8 Å². The van der Waals surface area contributed by atoms with E-state index in [9.17, 15) is 31.4 Å². The van der Waals surface area contributed by atoms with Gasteiger partial charge in [0, 0.05) is 13.2 Å². The summed E-state index contributed by atoms with van der Waals surface area (Å²) < 4.78 is 96.6. The topological polar surface area (TPSA) is 97.6 Å². The van der Waals surface area contributed by atoms with Crippen molar-refractivity contribution in [2.24, 2.45) is 0 Å². The molecule has 1 unspecified atom stereocenters. The van der Waals surface area contributed by atoms with Gasteiger partial charge in [0.05, 0.1) is 13.2 Å². The predicted molar refractivity (Wildman–Crippen MR) is 82.9 cm³/mol. The van der Waals surface area contributed by atoms with Gasteiger partial charge in [0.2, 0.25) is 0 Å². The van der Waals surface area contributed by atoms with Crippen LogP contribution >= 0.6 is 0 Å². The smallest absolute Gasteiger partial charge is 0.293 e. The molecule has 0 heterocycles. The zero-order valence-corrected chi connectivity index (χ0v) is 15.1. The van der Waals surface area contributed by atoms with E-state index in [0.29, 0.717) is 6.42 Å². The standard InChI is InChI=1S/C15H26F6O7/c16-13(17,6-23)7-27-10-15(20,21)11-28-9-14(18,19)8-26-5-12(24)4-25-3-1-2-22/h12,22-24H,1-11H2. The molecule has 0 bridgehead atoms. The first-order valence-electron chi connectivity index (χ1n) is 8.27. The van der Waals surface area contributed by atoms with E-state index < -0.39 is 70.1 Å². The largest absolute Gasteiger partial charge is 0.396 e. The molecule has 0 aromatic heterocycles. The van der Waals surface area contributed by atoms with Crippen molar-refractivity contribution >= 4 is 0 Å². The monoisotopic (exact) mass is 432 g/mol. The highest BCUT2D eigenvalue weighted by molar-refractivity contribution is 4.70. The Morgan fingerprint density at radius 2 is 1.07 bits per heavy atom. The number of aliphatic hydroxyl groups is 3. The van der Waals surface area contributed by atoms with Crippen LogP contribution in [0, 0.1) is 0 Å². The van der Waals surface area contributed by atoms with Crippen molar-refractivity contribution in [2.75, 3.05) is 66.1 Å². The van der Waals surface area contributed by atoms with Gasteiger partial charge in [0.15, 0.2) is 0 Å². The van der Waals surface area contributed by atoms with Gasteiger partial charge < -0.3 is 34.3 Å². The van der Waals surface area contributed by atoms with Crippen molar-refractivity contribution in [3.63, 3.8) is 0 Å². The van der Waals surface area contributed by atoms with Crippen LogP contribution in [0.5, 0.6) is 0 Å². The molecule has 170 valence electrons. The molecule has 0 fully saturated rings. The minimum Gasteiger partial charge on any atom is -0.396 e. The molecular weight excluding hydrogens is 406 g/mol. The number of hydrogen-bond donors (Lipinski definition) is 3. The van der Waals surface area contributed by atoms with Crippen molar-refractivity contribution in [3.05, 3.63) is 0 Å². The number of alkyl halides is 6. The van der Waals surface area contributed by atoms with Crippen molar-refractivity contribution in [1.82, 2.24) is 0 Å². The van der Waals surface area contributed by atoms with E-state index in [1.807, 2.05) is 0 Å². The molecule has 0 radical (unpaired) electrons. The maximum Gasteiger partial charge on any atom is 0.293 e. The van der Waals surface area contributed by atoms with E-state index in [0.717, 1.165) is 0 Å². The lowest BCUT2D eigenvalue weighted by Crippen LogP contribution is -2.37. The summed E-state index contributed by atoms with van der Waals surface area (Å²) in [6, 6.07) is 0. The van der Waals surface area contributed by atoms with Crippen molar-refractivity contribution in [3.8, 4) is 0 Å². The van der Waals surface area contributed by atoms with Gasteiger partial charge in [0.1, 0.15) is 45.7 Å². The fourth-order valence-corrected chi connectivity index (χ4v) is 1.61. The zero-order chi connectivity index (χ0) is 21.7. The molecule has 1 atom stereocenters. The second-order valence-electron chi connectivity index (χ2n) is 6.03. The maximum absolute atomic E-state index is 13.5. The normalized spacial score (nSPS) is 14.5. The molecule has 0 amide bonds. The predicted octanol–water partition coefficient (Wildman–Crippen LogP) is 0.694. The molecule has 0 aliphatic carbocycles. The third-order valence-electron chi connectivity index (χ3n) is 2.86. The lowest BCUT2D eigenvalue weighted by atomic mass is 10.3. The van der Waals surface area contributed by atoms with E-state index in [2.05, 4.69) is 14.2 Å². The lowest BCUT2D eigenvalue weighted by Gasteiger charge is -2.21.